The molecule has 0 saturated heterocycles. The molecule has 1 aromatic carbocycles. The van der Waals surface area contributed by atoms with E-state index in [0.717, 1.165) is 4.31 Å². The van der Waals surface area contributed by atoms with Crippen LogP contribution in [0.1, 0.15) is 16.8 Å². The summed E-state index contributed by atoms with van der Waals surface area (Å²) in [7, 11) is 0.703. The van der Waals surface area contributed by atoms with Crippen LogP contribution < -0.4 is 5.32 Å². The third-order valence-electron chi connectivity index (χ3n) is 2.76. The van der Waals surface area contributed by atoms with Gasteiger partial charge in [-0.15, -0.1) is 0 Å². The monoisotopic (exact) mass is 334 g/mol. The zero-order chi connectivity index (χ0) is 16.0. The Morgan fingerprint density at radius 2 is 2.05 bits per heavy atom. The van der Waals surface area contributed by atoms with E-state index < -0.39 is 10.0 Å². The SMILES string of the molecule is COCCCNC(=O)c1ccc(Cl)c(S(=O)(=O)N(C)C)c1. The standard InChI is InChI=1S/C13H19ClN2O4S/c1-16(2)21(18,19)12-9-10(5-6-11(12)14)13(17)15-7-4-8-20-3/h5-6,9H,4,7-8H2,1-3H3,(H,15,17). The van der Waals surface area contributed by atoms with Crippen molar-refractivity contribution in [3.05, 3.63) is 28.8 Å². The molecule has 6 nitrogen and oxygen atoms in total. The van der Waals surface area contributed by atoms with E-state index in [1.165, 1.54) is 32.3 Å². The van der Waals surface area contributed by atoms with E-state index in [1.54, 1.807) is 7.11 Å². The maximum absolute atomic E-state index is 12.1. The number of nitrogens with zero attached hydrogens (tertiary/aromatic N) is 1. The largest absolute Gasteiger partial charge is 0.385 e. The zero-order valence-electron chi connectivity index (χ0n) is 12.2. The molecule has 0 radical (unpaired) electrons. The molecule has 0 bridgehead atoms. The average molecular weight is 335 g/mol. The van der Waals surface area contributed by atoms with Crippen molar-refractivity contribution in [3.8, 4) is 0 Å². The Morgan fingerprint density at radius 3 is 2.62 bits per heavy atom. The fourth-order valence-electron chi connectivity index (χ4n) is 1.56. The number of sulfonamides is 1. The molecule has 118 valence electrons. The fraction of sp³-hybridized carbons (Fsp3) is 0.462. The summed E-state index contributed by atoms with van der Waals surface area (Å²) in [6.45, 7) is 0.992. The van der Waals surface area contributed by atoms with Gasteiger partial charge in [0.05, 0.1) is 5.02 Å². The smallest absolute Gasteiger partial charge is 0.251 e. The Bertz CT molecular complexity index is 602. The summed E-state index contributed by atoms with van der Waals surface area (Å²) in [5.41, 5.74) is 0.247. The number of hydrogen-bond donors (Lipinski definition) is 1. The molecule has 0 unspecified atom stereocenters. The van der Waals surface area contributed by atoms with Crippen LogP contribution in [0.25, 0.3) is 0 Å². The summed E-state index contributed by atoms with van der Waals surface area (Å²) in [6, 6.07) is 4.17. The third kappa shape index (κ3) is 4.67. The van der Waals surface area contributed by atoms with E-state index in [1.807, 2.05) is 0 Å². The van der Waals surface area contributed by atoms with Crippen LogP contribution in [-0.2, 0) is 14.8 Å². The van der Waals surface area contributed by atoms with E-state index in [2.05, 4.69) is 5.32 Å². The number of benzene rings is 1. The van der Waals surface area contributed by atoms with Crippen molar-refractivity contribution in [3.63, 3.8) is 0 Å². The Hall–Kier alpha value is -1.15. The number of ether oxygens (including phenoxy) is 1. The van der Waals surface area contributed by atoms with Gasteiger partial charge >= 0.3 is 0 Å². The first-order chi connectivity index (χ1) is 9.80. The number of amides is 1. The molecule has 0 fully saturated rings. The molecule has 0 spiro atoms. The van der Waals surface area contributed by atoms with Crippen LogP contribution in [0.5, 0.6) is 0 Å². The lowest BCUT2D eigenvalue weighted by molar-refractivity contribution is 0.0948. The van der Waals surface area contributed by atoms with Crippen molar-refractivity contribution in [2.24, 2.45) is 0 Å². The highest BCUT2D eigenvalue weighted by Crippen LogP contribution is 2.24. The van der Waals surface area contributed by atoms with Crippen LogP contribution in [0.4, 0.5) is 0 Å². The third-order valence-corrected chi connectivity index (χ3v) is 5.06. The first-order valence-corrected chi connectivity index (χ1v) is 8.11. The summed E-state index contributed by atoms with van der Waals surface area (Å²) in [5.74, 6) is -0.349. The summed E-state index contributed by atoms with van der Waals surface area (Å²) in [5, 5.41) is 2.77. The second-order valence-corrected chi connectivity index (χ2v) is 7.06. The minimum atomic E-state index is -3.69. The highest BCUT2D eigenvalue weighted by molar-refractivity contribution is 7.89. The van der Waals surface area contributed by atoms with Gasteiger partial charge in [-0.1, -0.05) is 11.6 Å². The van der Waals surface area contributed by atoms with Gasteiger partial charge in [-0.25, -0.2) is 12.7 Å². The molecule has 0 aliphatic rings. The average Bonchev–Trinajstić information content (AvgIpc) is 2.43. The van der Waals surface area contributed by atoms with Gasteiger partial charge in [0, 0.05) is 39.9 Å². The Labute approximate surface area is 130 Å². The minimum absolute atomic E-state index is 0.0830. The maximum Gasteiger partial charge on any atom is 0.251 e. The van der Waals surface area contributed by atoms with Crippen molar-refractivity contribution in [2.75, 3.05) is 34.4 Å². The molecule has 0 aliphatic carbocycles. The lowest BCUT2D eigenvalue weighted by Crippen LogP contribution is -2.26. The van der Waals surface area contributed by atoms with Gasteiger partial charge in [-0.2, -0.15) is 0 Å². The molecule has 21 heavy (non-hydrogen) atoms. The predicted octanol–water partition coefficient (Wildman–Crippen LogP) is 1.36. The highest BCUT2D eigenvalue weighted by Gasteiger charge is 2.22. The quantitative estimate of drug-likeness (QED) is 0.764. The number of nitrogens with one attached hydrogen (secondary N) is 1. The molecule has 1 amide bonds. The molecule has 0 aromatic heterocycles. The van der Waals surface area contributed by atoms with Crippen molar-refractivity contribution >= 4 is 27.5 Å². The fourth-order valence-corrected chi connectivity index (χ4v) is 2.95. The second-order valence-electron chi connectivity index (χ2n) is 4.53. The second kappa shape index (κ2) is 7.74. The van der Waals surface area contributed by atoms with Crippen LogP contribution >= 0.6 is 11.6 Å². The lowest BCUT2D eigenvalue weighted by atomic mass is 10.2. The van der Waals surface area contributed by atoms with Crippen LogP contribution in [0.2, 0.25) is 5.02 Å². The molecule has 0 atom stereocenters. The number of carbonyl (C=O) groups is 1. The topological polar surface area (TPSA) is 75.7 Å². The van der Waals surface area contributed by atoms with E-state index in [-0.39, 0.29) is 21.4 Å². The van der Waals surface area contributed by atoms with E-state index >= 15 is 0 Å². The summed E-state index contributed by atoms with van der Waals surface area (Å²) in [4.78, 5) is 11.9. The van der Waals surface area contributed by atoms with Gasteiger partial charge in [-0.05, 0) is 24.6 Å². The first kappa shape index (κ1) is 17.9. The van der Waals surface area contributed by atoms with Crippen LogP contribution in [0, 0.1) is 0 Å². The Balaban J connectivity index is 2.94. The van der Waals surface area contributed by atoms with Gasteiger partial charge < -0.3 is 10.1 Å². The van der Waals surface area contributed by atoms with Crippen molar-refractivity contribution in [2.45, 2.75) is 11.3 Å². The van der Waals surface area contributed by atoms with Gasteiger partial charge in [0.1, 0.15) is 4.90 Å². The van der Waals surface area contributed by atoms with Gasteiger partial charge in [-0.3, -0.25) is 4.79 Å². The number of hydrogen-bond acceptors (Lipinski definition) is 4. The first-order valence-electron chi connectivity index (χ1n) is 6.30. The van der Waals surface area contributed by atoms with E-state index in [9.17, 15) is 13.2 Å². The van der Waals surface area contributed by atoms with Crippen LogP contribution in [-0.4, -0.2) is 53.0 Å². The van der Waals surface area contributed by atoms with E-state index in [4.69, 9.17) is 16.3 Å². The Kier molecular flexibility index (Phi) is 6.60. The normalized spacial score (nSPS) is 11.7. The molecule has 0 saturated carbocycles. The molecule has 1 aromatic rings. The predicted molar refractivity (Wildman–Crippen MR) is 81.2 cm³/mol. The molecule has 0 aliphatic heterocycles. The van der Waals surface area contributed by atoms with E-state index in [0.29, 0.717) is 19.6 Å². The summed E-state index contributed by atoms with van der Waals surface area (Å²) < 4.78 is 30.2. The maximum atomic E-state index is 12.1. The van der Waals surface area contributed by atoms with Crippen LogP contribution in [0.15, 0.2) is 23.1 Å². The summed E-state index contributed by atoms with van der Waals surface area (Å²) >= 11 is 5.92. The number of methoxy groups -OCH3 is 1. The van der Waals surface area contributed by atoms with Crippen molar-refractivity contribution in [1.82, 2.24) is 9.62 Å². The highest BCUT2D eigenvalue weighted by atomic mass is 35.5. The van der Waals surface area contributed by atoms with Crippen molar-refractivity contribution < 1.29 is 17.9 Å². The molecule has 1 rings (SSSR count). The Morgan fingerprint density at radius 1 is 1.38 bits per heavy atom. The molecule has 1 N–H and O–H groups in total. The van der Waals surface area contributed by atoms with Gasteiger partial charge in [0.25, 0.3) is 5.91 Å². The lowest BCUT2D eigenvalue weighted by Gasteiger charge is -2.14. The molecular formula is C13H19ClN2O4S. The number of carbonyl (C=O) groups excluding carboxylic acids is 1. The van der Waals surface area contributed by atoms with Crippen molar-refractivity contribution in [1.29, 1.82) is 0 Å². The number of rotatable bonds is 7. The molecule has 8 heteroatoms. The molecule has 0 heterocycles. The minimum Gasteiger partial charge on any atom is -0.385 e. The molecular weight excluding hydrogens is 316 g/mol. The van der Waals surface area contributed by atoms with Gasteiger partial charge in [0.15, 0.2) is 0 Å². The summed E-state index contributed by atoms with van der Waals surface area (Å²) in [6.07, 6.45) is 0.679. The van der Waals surface area contributed by atoms with Gasteiger partial charge in [0.2, 0.25) is 10.0 Å². The zero-order valence-corrected chi connectivity index (χ0v) is 13.8. The number of halogens is 1. The van der Waals surface area contributed by atoms with Crippen LogP contribution in [0.3, 0.4) is 0 Å².